The number of fused-ring (bicyclic) bond motifs is 6. The second-order valence-corrected chi connectivity index (χ2v) is 15.1. The van der Waals surface area contributed by atoms with Gasteiger partial charge in [0.2, 0.25) is 0 Å². The highest BCUT2D eigenvalue weighted by Gasteiger charge is 2.20. The Hall–Kier alpha value is -7.21. The van der Waals surface area contributed by atoms with Gasteiger partial charge >= 0.3 is 0 Å². The van der Waals surface area contributed by atoms with Crippen molar-refractivity contribution in [3.8, 4) is 62.1 Å². The van der Waals surface area contributed by atoms with Crippen molar-refractivity contribution >= 4 is 53.3 Å². The number of rotatable bonds is 6. The molecule has 0 saturated carbocycles. The summed E-state index contributed by atoms with van der Waals surface area (Å²) in [7, 11) is 0. The van der Waals surface area contributed by atoms with Gasteiger partial charge in [0.25, 0.3) is 0 Å². The second-order valence-electron chi connectivity index (χ2n) is 14.0. The van der Waals surface area contributed by atoms with Gasteiger partial charge in [-0.1, -0.05) is 152 Å². The minimum atomic E-state index is 0.628. The average molecular weight is 733 g/mol. The van der Waals surface area contributed by atoms with Crippen molar-refractivity contribution in [3.05, 3.63) is 194 Å². The van der Waals surface area contributed by atoms with Crippen LogP contribution < -0.4 is 0 Å². The first kappa shape index (κ1) is 32.2. The van der Waals surface area contributed by atoms with Gasteiger partial charge in [0, 0.05) is 53.3 Å². The normalized spacial score (nSPS) is 11.6. The molecule has 0 amide bonds. The zero-order valence-corrected chi connectivity index (χ0v) is 31.0. The van der Waals surface area contributed by atoms with Gasteiger partial charge in [-0.2, -0.15) is 0 Å². The fourth-order valence-electron chi connectivity index (χ4n) is 8.06. The molecule has 56 heavy (non-hydrogen) atoms. The molecule has 0 radical (unpaired) electrons. The summed E-state index contributed by atoms with van der Waals surface area (Å²) in [4.78, 5) is 16.0. The van der Waals surface area contributed by atoms with Crippen molar-refractivity contribution < 1.29 is 0 Å². The minimum absolute atomic E-state index is 0.628. The van der Waals surface area contributed by atoms with E-state index >= 15 is 0 Å². The molecular formula is C51H32N4S. The zero-order chi connectivity index (χ0) is 37.0. The Morgan fingerprint density at radius 2 is 0.929 bits per heavy atom. The van der Waals surface area contributed by atoms with E-state index in [0.29, 0.717) is 17.5 Å². The molecule has 3 heterocycles. The van der Waals surface area contributed by atoms with Crippen molar-refractivity contribution in [1.82, 2.24) is 19.5 Å². The monoisotopic (exact) mass is 732 g/mol. The third kappa shape index (κ3) is 5.40. The lowest BCUT2D eigenvalue weighted by Gasteiger charge is -2.13. The molecule has 0 spiro atoms. The van der Waals surface area contributed by atoms with E-state index in [0.717, 1.165) is 50.1 Å². The van der Waals surface area contributed by atoms with Crippen molar-refractivity contribution in [2.24, 2.45) is 0 Å². The Morgan fingerprint density at radius 1 is 0.339 bits per heavy atom. The van der Waals surface area contributed by atoms with Crippen molar-refractivity contribution in [2.75, 3.05) is 0 Å². The van der Waals surface area contributed by atoms with Crippen LogP contribution in [0.3, 0.4) is 0 Å². The van der Waals surface area contributed by atoms with Gasteiger partial charge < -0.3 is 4.57 Å². The summed E-state index contributed by atoms with van der Waals surface area (Å²) in [5, 5.41) is 4.84. The number of hydrogen-bond donors (Lipinski definition) is 0. The van der Waals surface area contributed by atoms with E-state index in [1.165, 1.54) is 36.5 Å². The standard InChI is InChI=1S/C51H32N4S/c1-3-15-33(16-4-1)34-17-13-18-35(31-34)38-21-7-8-24-43(38)50-52-49(53-51(54-50)44-26-14-25-42-41-23-10-12-28-47(41)56-48(42)44)36-29-30-40-39-22-9-11-27-45(39)55(46(40)32-36)37-19-5-2-6-20-37/h1-32H. The van der Waals surface area contributed by atoms with Gasteiger partial charge in [0.05, 0.1) is 11.0 Å². The molecule has 5 heteroatoms. The van der Waals surface area contributed by atoms with Crippen LogP contribution >= 0.6 is 11.3 Å². The van der Waals surface area contributed by atoms with Crippen molar-refractivity contribution in [1.29, 1.82) is 0 Å². The number of nitrogens with zero attached hydrogens (tertiary/aromatic N) is 4. The predicted octanol–water partition coefficient (Wildman–Crippen LogP) is 13.7. The van der Waals surface area contributed by atoms with Gasteiger partial charge in [0.1, 0.15) is 0 Å². The summed E-state index contributed by atoms with van der Waals surface area (Å²) in [5.41, 5.74) is 10.7. The van der Waals surface area contributed by atoms with Crippen molar-refractivity contribution in [2.45, 2.75) is 0 Å². The average Bonchev–Trinajstić information content (AvgIpc) is 3.82. The number of para-hydroxylation sites is 2. The summed E-state index contributed by atoms with van der Waals surface area (Å²) in [6.45, 7) is 0. The minimum Gasteiger partial charge on any atom is -0.309 e. The molecule has 0 aliphatic carbocycles. The lowest BCUT2D eigenvalue weighted by Crippen LogP contribution is -2.01. The van der Waals surface area contributed by atoms with Gasteiger partial charge in [-0.05, 0) is 64.7 Å². The molecule has 0 bridgehead atoms. The van der Waals surface area contributed by atoms with Crippen LogP contribution in [0.25, 0.3) is 104 Å². The molecule has 4 nitrogen and oxygen atoms in total. The van der Waals surface area contributed by atoms with Crippen LogP contribution in [-0.4, -0.2) is 19.5 Å². The highest BCUT2D eigenvalue weighted by molar-refractivity contribution is 7.26. The first-order valence-corrected chi connectivity index (χ1v) is 19.6. The molecule has 11 aromatic rings. The molecule has 0 saturated heterocycles. The molecule has 0 aliphatic heterocycles. The van der Waals surface area contributed by atoms with Crippen LogP contribution in [0, 0.1) is 0 Å². The molecule has 3 aromatic heterocycles. The van der Waals surface area contributed by atoms with E-state index in [-0.39, 0.29) is 0 Å². The van der Waals surface area contributed by atoms with Crippen LogP contribution in [0.2, 0.25) is 0 Å². The van der Waals surface area contributed by atoms with Gasteiger partial charge in [0.15, 0.2) is 17.5 Å². The number of thiophene rings is 1. The Labute approximate surface area is 327 Å². The van der Waals surface area contributed by atoms with Gasteiger partial charge in [-0.3, -0.25) is 0 Å². The highest BCUT2D eigenvalue weighted by atomic mass is 32.1. The van der Waals surface area contributed by atoms with Crippen LogP contribution in [0.1, 0.15) is 0 Å². The van der Waals surface area contributed by atoms with E-state index in [9.17, 15) is 0 Å². The summed E-state index contributed by atoms with van der Waals surface area (Å²) in [6.07, 6.45) is 0. The van der Waals surface area contributed by atoms with E-state index in [1.807, 2.05) is 0 Å². The quantitative estimate of drug-likeness (QED) is 0.171. The van der Waals surface area contributed by atoms with Crippen molar-refractivity contribution in [3.63, 3.8) is 0 Å². The smallest absolute Gasteiger partial charge is 0.165 e. The van der Waals surface area contributed by atoms with Crippen LogP contribution in [0.15, 0.2) is 194 Å². The summed E-state index contributed by atoms with van der Waals surface area (Å²) in [5.74, 6) is 1.91. The van der Waals surface area contributed by atoms with E-state index < -0.39 is 0 Å². The van der Waals surface area contributed by atoms with Gasteiger partial charge in [-0.15, -0.1) is 11.3 Å². The Morgan fingerprint density at radius 3 is 1.79 bits per heavy atom. The number of benzene rings is 8. The molecule has 0 N–H and O–H groups in total. The van der Waals surface area contributed by atoms with Crippen LogP contribution in [-0.2, 0) is 0 Å². The predicted molar refractivity (Wildman–Crippen MR) is 234 cm³/mol. The molecule has 0 aliphatic rings. The fraction of sp³-hybridized carbons (Fsp3) is 0. The first-order chi connectivity index (χ1) is 27.8. The molecule has 0 atom stereocenters. The molecule has 0 fully saturated rings. The number of aromatic nitrogens is 4. The fourth-order valence-corrected chi connectivity index (χ4v) is 9.27. The van der Waals surface area contributed by atoms with E-state index in [1.54, 1.807) is 11.3 Å². The van der Waals surface area contributed by atoms with E-state index in [2.05, 4.69) is 199 Å². The summed E-state index contributed by atoms with van der Waals surface area (Å²) >= 11 is 1.79. The third-order valence-electron chi connectivity index (χ3n) is 10.7. The lowest BCUT2D eigenvalue weighted by molar-refractivity contribution is 1.08. The zero-order valence-electron chi connectivity index (χ0n) is 30.2. The molecule has 8 aromatic carbocycles. The molecule has 262 valence electrons. The third-order valence-corrected chi connectivity index (χ3v) is 11.9. The largest absolute Gasteiger partial charge is 0.309 e. The Bertz CT molecular complexity index is 3250. The molecule has 11 rings (SSSR count). The summed E-state index contributed by atoms with van der Waals surface area (Å²) < 4.78 is 4.75. The highest BCUT2D eigenvalue weighted by Crippen LogP contribution is 2.41. The summed E-state index contributed by atoms with van der Waals surface area (Å²) in [6, 6.07) is 68.5. The maximum absolute atomic E-state index is 5.33. The topological polar surface area (TPSA) is 43.6 Å². The lowest BCUT2D eigenvalue weighted by atomic mass is 9.95. The molecule has 0 unspecified atom stereocenters. The Balaban J connectivity index is 1.15. The maximum Gasteiger partial charge on any atom is 0.165 e. The molecular weight excluding hydrogens is 701 g/mol. The second kappa shape index (κ2) is 13.3. The van der Waals surface area contributed by atoms with Crippen LogP contribution in [0.5, 0.6) is 0 Å². The first-order valence-electron chi connectivity index (χ1n) is 18.8. The SMILES string of the molecule is c1ccc(-c2cccc(-c3ccccc3-c3nc(-c4ccc5c6ccccc6n(-c6ccccc6)c5c4)nc(-c4cccc5c4sc4ccccc45)n3)c2)cc1. The Kier molecular flexibility index (Phi) is 7.64. The van der Waals surface area contributed by atoms with Gasteiger partial charge in [-0.25, -0.2) is 15.0 Å². The number of hydrogen-bond acceptors (Lipinski definition) is 4. The van der Waals surface area contributed by atoms with Crippen LogP contribution in [0.4, 0.5) is 0 Å². The van der Waals surface area contributed by atoms with E-state index in [4.69, 9.17) is 15.0 Å². The maximum atomic E-state index is 5.33.